The average molecular weight is 357 g/mol. The first-order valence-corrected chi connectivity index (χ1v) is 9.65. The summed E-state index contributed by atoms with van der Waals surface area (Å²) < 4.78 is 5.16. The van der Waals surface area contributed by atoms with Gasteiger partial charge in [0.05, 0.1) is 0 Å². The molecular weight excluding hydrogens is 332 g/mol. The standard InChI is InChI=1S/C15H24N4S3/c1-4-5-6-7-8-9-10-22-14-16-11-12(17-14)18(2)15(21)19(3)13(11)20/h4-10H2,1-3H3,(H,16,17). The van der Waals surface area contributed by atoms with Gasteiger partial charge in [0.15, 0.2) is 15.6 Å². The molecule has 0 unspecified atom stereocenters. The fourth-order valence-corrected chi connectivity index (χ4v) is 3.76. The van der Waals surface area contributed by atoms with Crippen molar-refractivity contribution in [1.29, 1.82) is 0 Å². The largest absolute Gasteiger partial charge is 0.329 e. The zero-order valence-corrected chi connectivity index (χ0v) is 16.0. The van der Waals surface area contributed by atoms with Crippen LogP contribution in [0.4, 0.5) is 0 Å². The molecule has 0 amide bonds. The van der Waals surface area contributed by atoms with Crippen molar-refractivity contribution in [3.05, 3.63) is 9.41 Å². The number of nitrogens with one attached hydrogen (secondary N) is 1. The lowest BCUT2D eigenvalue weighted by Crippen LogP contribution is -2.05. The number of thioether (sulfide) groups is 1. The Morgan fingerprint density at radius 1 is 1.05 bits per heavy atom. The van der Waals surface area contributed by atoms with E-state index in [2.05, 4.69) is 16.9 Å². The number of unbranched alkanes of at least 4 members (excludes halogenated alkanes) is 5. The summed E-state index contributed by atoms with van der Waals surface area (Å²) in [5.74, 6) is 1.09. The smallest absolute Gasteiger partial charge is 0.182 e. The predicted molar refractivity (Wildman–Crippen MR) is 99.8 cm³/mol. The zero-order valence-electron chi connectivity index (χ0n) is 13.5. The van der Waals surface area contributed by atoms with Crippen LogP contribution in [-0.4, -0.2) is 24.9 Å². The van der Waals surface area contributed by atoms with Crippen LogP contribution < -0.4 is 0 Å². The van der Waals surface area contributed by atoms with Gasteiger partial charge >= 0.3 is 0 Å². The average Bonchev–Trinajstić information content (AvgIpc) is 2.94. The Labute approximate surface area is 146 Å². The van der Waals surface area contributed by atoms with Crippen LogP contribution in [0.1, 0.15) is 45.4 Å². The second kappa shape index (κ2) is 8.26. The third-order valence-corrected chi connectivity index (χ3v) is 5.80. The Balaban J connectivity index is 1.99. The lowest BCUT2D eigenvalue weighted by atomic mass is 10.1. The molecule has 0 atom stereocenters. The van der Waals surface area contributed by atoms with E-state index in [0.29, 0.717) is 4.77 Å². The molecule has 2 aromatic rings. The van der Waals surface area contributed by atoms with Crippen molar-refractivity contribution >= 4 is 47.4 Å². The van der Waals surface area contributed by atoms with E-state index >= 15 is 0 Å². The molecule has 2 heterocycles. The molecule has 0 aliphatic heterocycles. The fraction of sp³-hybridized carbons (Fsp3) is 0.667. The van der Waals surface area contributed by atoms with Crippen LogP contribution in [0, 0.1) is 9.41 Å². The number of hydrogen-bond acceptors (Lipinski definition) is 4. The molecule has 0 fully saturated rings. The quantitative estimate of drug-likeness (QED) is 0.403. The third-order valence-electron chi connectivity index (χ3n) is 3.81. The molecule has 4 nitrogen and oxygen atoms in total. The van der Waals surface area contributed by atoms with Crippen LogP contribution in [0.5, 0.6) is 0 Å². The van der Waals surface area contributed by atoms with Gasteiger partial charge in [0, 0.05) is 19.8 Å². The highest BCUT2D eigenvalue weighted by atomic mass is 32.2. The van der Waals surface area contributed by atoms with Gasteiger partial charge in [-0.25, -0.2) is 4.98 Å². The van der Waals surface area contributed by atoms with Gasteiger partial charge in [-0.1, -0.05) is 63.0 Å². The van der Waals surface area contributed by atoms with Gasteiger partial charge in [-0.3, -0.25) is 0 Å². The second-order valence-corrected chi connectivity index (χ2v) is 7.40. The Bertz CT molecular complexity index is 742. The highest BCUT2D eigenvalue weighted by Crippen LogP contribution is 2.21. The normalized spacial score (nSPS) is 11.4. The van der Waals surface area contributed by atoms with E-state index in [1.807, 2.05) is 23.2 Å². The van der Waals surface area contributed by atoms with E-state index in [9.17, 15) is 0 Å². The lowest BCUT2D eigenvalue weighted by Gasteiger charge is -2.05. The first-order valence-electron chi connectivity index (χ1n) is 7.84. The molecule has 0 aliphatic rings. The minimum absolute atomic E-state index is 0.691. The summed E-state index contributed by atoms with van der Waals surface area (Å²) >= 11 is 12.6. The third kappa shape index (κ3) is 4.00. The molecule has 0 saturated carbocycles. The van der Waals surface area contributed by atoms with Crippen molar-refractivity contribution < 1.29 is 0 Å². The number of aromatic nitrogens is 4. The number of aryl methyl sites for hydroxylation is 1. The molecule has 22 heavy (non-hydrogen) atoms. The van der Waals surface area contributed by atoms with Gasteiger partial charge in [0.2, 0.25) is 0 Å². The summed E-state index contributed by atoms with van der Waals surface area (Å²) in [6, 6.07) is 0. The molecule has 0 radical (unpaired) electrons. The van der Waals surface area contributed by atoms with Crippen LogP contribution in [0.25, 0.3) is 11.2 Å². The summed E-state index contributed by atoms with van der Waals surface area (Å²) in [6.07, 6.45) is 7.90. The Kier molecular flexibility index (Phi) is 6.65. The Morgan fingerprint density at radius 2 is 1.73 bits per heavy atom. The Hall–Kier alpha value is -0.660. The molecule has 2 rings (SSSR count). The molecule has 0 saturated heterocycles. The van der Waals surface area contributed by atoms with E-state index in [1.165, 1.54) is 38.5 Å². The first-order chi connectivity index (χ1) is 10.6. The van der Waals surface area contributed by atoms with Crippen molar-refractivity contribution in [2.75, 3.05) is 5.75 Å². The first kappa shape index (κ1) is 17.7. The highest BCUT2D eigenvalue weighted by Gasteiger charge is 2.10. The summed E-state index contributed by atoms with van der Waals surface area (Å²) in [6.45, 7) is 2.25. The minimum atomic E-state index is 0.691. The molecule has 122 valence electrons. The highest BCUT2D eigenvalue weighted by molar-refractivity contribution is 7.99. The SMILES string of the molecule is CCCCCCCCSc1nc2c([nH]1)c(=S)n(C)c(=S)n2C. The lowest BCUT2D eigenvalue weighted by molar-refractivity contribution is 0.627. The Morgan fingerprint density at radius 3 is 2.45 bits per heavy atom. The second-order valence-electron chi connectivity index (χ2n) is 5.56. The summed E-state index contributed by atoms with van der Waals surface area (Å²) in [5.41, 5.74) is 1.75. The van der Waals surface area contributed by atoms with E-state index in [1.54, 1.807) is 11.8 Å². The van der Waals surface area contributed by atoms with E-state index in [4.69, 9.17) is 24.4 Å². The maximum absolute atomic E-state index is 5.45. The van der Waals surface area contributed by atoms with E-state index in [-0.39, 0.29) is 0 Å². The van der Waals surface area contributed by atoms with Gasteiger partial charge < -0.3 is 14.1 Å². The molecule has 7 heteroatoms. The fourth-order valence-electron chi connectivity index (χ4n) is 2.42. The topological polar surface area (TPSA) is 38.5 Å². The molecule has 0 aliphatic carbocycles. The van der Waals surface area contributed by atoms with Crippen molar-refractivity contribution in [3.8, 4) is 0 Å². The zero-order chi connectivity index (χ0) is 16.1. The number of fused-ring (bicyclic) bond motifs is 1. The van der Waals surface area contributed by atoms with Gasteiger partial charge in [-0.05, 0) is 18.6 Å². The number of hydrogen-bond donors (Lipinski definition) is 1. The van der Waals surface area contributed by atoms with E-state index in [0.717, 1.165) is 26.7 Å². The van der Waals surface area contributed by atoms with Crippen molar-refractivity contribution in [3.63, 3.8) is 0 Å². The van der Waals surface area contributed by atoms with Gasteiger partial charge in [-0.2, -0.15) is 0 Å². The van der Waals surface area contributed by atoms with Crippen LogP contribution in [0.3, 0.4) is 0 Å². The number of nitrogens with zero attached hydrogens (tertiary/aromatic N) is 3. The predicted octanol–water partition coefficient (Wildman–Crippen LogP) is 5.15. The number of H-pyrrole nitrogens is 1. The van der Waals surface area contributed by atoms with Crippen LogP contribution in [0.2, 0.25) is 0 Å². The summed E-state index contributed by atoms with van der Waals surface area (Å²) in [4.78, 5) is 7.99. The molecule has 0 aromatic carbocycles. The van der Waals surface area contributed by atoms with Crippen molar-refractivity contribution in [2.45, 2.75) is 50.6 Å². The van der Waals surface area contributed by atoms with E-state index < -0.39 is 0 Å². The summed E-state index contributed by atoms with van der Waals surface area (Å²) in [7, 11) is 3.83. The number of aromatic amines is 1. The van der Waals surface area contributed by atoms with Gasteiger partial charge in [0.1, 0.15) is 10.2 Å². The van der Waals surface area contributed by atoms with Crippen molar-refractivity contribution in [2.24, 2.45) is 14.1 Å². The van der Waals surface area contributed by atoms with Crippen molar-refractivity contribution in [1.82, 2.24) is 19.1 Å². The van der Waals surface area contributed by atoms with Gasteiger partial charge in [0.25, 0.3) is 0 Å². The number of imidazole rings is 1. The molecule has 0 bridgehead atoms. The molecule has 2 aromatic heterocycles. The molecule has 1 N–H and O–H groups in total. The van der Waals surface area contributed by atoms with Crippen LogP contribution >= 0.6 is 36.2 Å². The van der Waals surface area contributed by atoms with Crippen LogP contribution in [0.15, 0.2) is 5.16 Å². The summed E-state index contributed by atoms with van der Waals surface area (Å²) in [5, 5.41) is 0.936. The minimum Gasteiger partial charge on any atom is -0.329 e. The van der Waals surface area contributed by atoms with Gasteiger partial charge in [-0.15, -0.1) is 0 Å². The maximum atomic E-state index is 5.45. The maximum Gasteiger partial charge on any atom is 0.182 e. The molecule has 0 spiro atoms. The number of rotatable bonds is 8. The molecular formula is C15H24N4S3. The monoisotopic (exact) mass is 356 g/mol. The van der Waals surface area contributed by atoms with Crippen LogP contribution in [-0.2, 0) is 14.1 Å².